The molecule has 1 heterocycles. The van der Waals surface area contributed by atoms with Crippen LogP contribution in [0.2, 0.25) is 0 Å². The normalized spacial score (nSPS) is 12.6. The van der Waals surface area contributed by atoms with Crippen molar-refractivity contribution in [2.24, 2.45) is 0 Å². The molecule has 0 bridgehead atoms. The van der Waals surface area contributed by atoms with E-state index >= 15 is 0 Å². The molecule has 0 aliphatic carbocycles. The molecule has 0 aliphatic rings. The standard InChI is InChI=1S/C14H26N4O3/c1-5-6-7-18(4)8-11(2)15-13(19)9-20-10-14-16-12(3)17-21-14/h11H,5-10H2,1-4H3,(H,15,19)/t11-/m1/s1. The molecule has 0 saturated heterocycles. The van der Waals surface area contributed by atoms with Gasteiger partial charge in [0.05, 0.1) is 0 Å². The number of carbonyl (C=O) groups excluding carboxylic acids is 1. The lowest BCUT2D eigenvalue weighted by molar-refractivity contribution is -0.127. The van der Waals surface area contributed by atoms with Crippen LogP contribution < -0.4 is 5.32 Å². The SMILES string of the molecule is CCCCN(C)C[C@@H](C)NC(=O)COCc1nc(C)no1. The van der Waals surface area contributed by atoms with Crippen LogP contribution in [0.25, 0.3) is 0 Å². The summed E-state index contributed by atoms with van der Waals surface area (Å²) in [6.07, 6.45) is 2.35. The van der Waals surface area contributed by atoms with Crippen molar-refractivity contribution < 1.29 is 14.1 Å². The van der Waals surface area contributed by atoms with E-state index in [4.69, 9.17) is 9.26 Å². The van der Waals surface area contributed by atoms with Crippen molar-refractivity contribution in [1.29, 1.82) is 0 Å². The number of aryl methyl sites for hydroxylation is 1. The van der Waals surface area contributed by atoms with Gasteiger partial charge >= 0.3 is 0 Å². The molecule has 1 aromatic heterocycles. The van der Waals surface area contributed by atoms with Crippen LogP contribution in [0.1, 0.15) is 38.4 Å². The molecule has 1 atom stereocenters. The second-order valence-corrected chi connectivity index (χ2v) is 5.31. The van der Waals surface area contributed by atoms with E-state index in [9.17, 15) is 4.79 Å². The maximum absolute atomic E-state index is 11.7. The lowest BCUT2D eigenvalue weighted by Crippen LogP contribution is -2.42. The molecular weight excluding hydrogens is 272 g/mol. The first-order valence-electron chi connectivity index (χ1n) is 7.36. The molecule has 1 rings (SSSR count). The topological polar surface area (TPSA) is 80.5 Å². The number of nitrogens with one attached hydrogen (secondary N) is 1. The number of hydrogen-bond acceptors (Lipinski definition) is 6. The van der Waals surface area contributed by atoms with Crippen LogP contribution in [-0.4, -0.2) is 53.7 Å². The monoisotopic (exact) mass is 298 g/mol. The second kappa shape index (κ2) is 9.46. The summed E-state index contributed by atoms with van der Waals surface area (Å²) in [5.74, 6) is 0.803. The summed E-state index contributed by atoms with van der Waals surface area (Å²) in [5.41, 5.74) is 0. The molecule has 1 amide bonds. The Morgan fingerprint density at radius 1 is 1.52 bits per heavy atom. The smallest absolute Gasteiger partial charge is 0.252 e. The molecule has 1 N–H and O–H groups in total. The quantitative estimate of drug-likeness (QED) is 0.697. The fourth-order valence-corrected chi connectivity index (χ4v) is 1.98. The van der Waals surface area contributed by atoms with Gasteiger partial charge in [0.25, 0.3) is 5.89 Å². The Labute approximate surface area is 126 Å². The average molecular weight is 298 g/mol. The average Bonchev–Trinajstić information content (AvgIpc) is 2.81. The summed E-state index contributed by atoms with van der Waals surface area (Å²) in [4.78, 5) is 17.9. The van der Waals surface area contributed by atoms with Crippen molar-refractivity contribution >= 4 is 5.91 Å². The van der Waals surface area contributed by atoms with E-state index in [1.54, 1.807) is 6.92 Å². The Bertz CT molecular complexity index is 422. The summed E-state index contributed by atoms with van der Waals surface area (Å²) < 4.78 is 10.1. The van der Waals surface area contributed by atoms with Crippen LogP contribution in [0.5, 0.6) is 0 Å². The number of amides is 1. The van der Waals surface area contributed by atoms with Crippen LogP contribution in [0, 0.1) is 6.92 Å². The molecule has 0 aliphatic heterocycles. The molecule has 21 heavy (non-hydrogen) atoms. The molecule has 7 heteroatoms. The van der Waals surface area contributed by atoms with E-state index in [0.29, 0.717) is 11.7 Å². The predicted octanol–water partition coefficient (Wildman–Crippen LogP) is 1.13. The van der Waals surface area contributed by atoms with Crippen LogP contribution in [0.3, 0.4) is 0 Å². The Morgan fingerprint density at radius 2 is 2.29 bits per heavy atom. The third-order valence-corrected chi connectivity index (χ3v) is 2.91. The highest BCUT2D eigenvalue weighted by molar-refractivity contribution is 5.77. The third-order valence-electron chi connectivity index (χ3n) is 2.91. The molecule has 0 aromatic carbocycles. The third kappa shape index (κ3) is 7.77. The highest BCUT2D eigenvalue weighted by Gasteiger charge is 2.10. The first-order chi connectivity index (χ1) is 10.0. The zero-order valence-electron chi connectivity index (χ0n) is 13.4. The molecule has 0 unspecified atom stereocenters. The Balaban J connectivity index is 2.14. The molecule has 0 fully saturated rings. The summed E-state index contributed by atoms with van der Waals surface area (Å²) in [5, 5.41) is 6.55. The van der Waals surface area contributed by atoms with Gasteiger partial charge in [-0.05, 0) is 33.9 Å². The van der Waals surface area contributed by atoms with Crippen LogP contribution >= 0.6 is 0 Å². The van der Waals surface area contributed by atoms with Crippen molar-refractivity contribution in [3.05, 3.63) is 11.7 Å². The van der Waals surface area contributed by atoms with E-state index in [2.05, 4.69) is 34.3 Å². The van der Waals surface area contributed by atoms with E-state index in [1.165, 1.54) is 12.8 Å². The maximum Gasteiger partial charge on any atom is 0.252 e. The fraction of sp³-hybridized carbons (Fsp3) is 0.786. The number of aromatic nitrogens is 2. The number of unbranched alkanes of at least 4 members (excludes halogenated alkanes) is 1. The maximum atomic E-state index is 11.7. The van der Waals surface area contributed by atoms with Crippen LogP contribution in [0.15, 0.2) is 4.52 Å². The minimum Gasteiger partial charge on any atom is -0.362 e. The molecular formula is C14H26N4O3. The van der Waals surface area contributed by atoms with Crippen LogP contribution in [-0.2, 0) is 16.1 Å². The van der Waals surface area contributed by atoms with E-state index < -0.39 is 0 Å². The van der Waals surface area contributed by atoms with E-state index in [-0.39, 0.29) is 25.2 Å². The zero-order valence-corrected chi connectivity index (χ0v) is 13.4. The number of likely N-dealkylation sites (N-methyl/N-ethyl adjacent to an activating group) is 1. The van der Waals surface area contributed by atoms with Crippen molar-refractivity contribution in [1.82, 2.24) is 20.4 Å². The predicted molar refractivity (Wildman–Crippen MR) is 78.7 cm³/mol. The number of hydrogen-bond donors (Lipinski definition) is 1. The Morgan fingerprint density at radius 3 is 2.90 bits per heavy atom. The largest absolute Gasteiger partial charge is 0.362 e. The fourth-order valence-electron chi connectivity index (χ4n) is 1.98. The van der Waals surface area contributed by atoms with Gasteiger partial charge in [-0.25, -0.2) is 0 Å². The molecule has 0 radical (unpaired) electrons. The minimum absolute atomic E-state index is 0.00948. The molecule has 1 aromatic rings. The lowest BCUT2D eigenvalue weighted by atomic mass is 10.2. The molecule has 0 spiro atoms. The number of carbonyl (C=O) groups is 1. The highest BCUT2D eigenvalue weighted by atomic mass is 16.5. The van der Waals surface area contributed by atoms with Gasteiger partial charge in [-0.15, -0.1) is 0 Å². The first-order valence-corrected chi connectivity index (χ1v) is 7.36. The highest BCUT2D eigenvalue weighted by Crippen LogP contribution is 1.98. The number of rotatable bonds is 10. The summed E-state index contributed by atoms with van der Waals surface area (Å²) in [7, 11) is 2.06. The second-order valence-electron chi connectivity index (χ2n) is 5.31. The van der Waals surface area contributed by atoms with Gasteiger partial charge in [0, 0.05) is 12.6 Å². The van der Waals surface area contributed by atoms with Crippen LogP contribution in [0.4, 0.5) is 0 Å². The van der Waals surface area contributed by atoms with Gasteiger partial charge in [0.2, 0.25) is 5.91 Å². The van der Waals surface area contributed by atoms with Gasteiger partial charge in [0.15, 0.2) is 5.82 Å². The van der Waals surface area contributed by atoms with Gasteiger partial charge in [-0.1, -0.05) is 18.5 Å². The van der Waals surface area contributed by atoms with Crippen molar-refractivity contribution in [3.8, 4) is 0 Å². The van der Waals surface area contributed by atoms with E-state index in [0.717, 1.165) is 13.1 Å². The van der Waals surface area contributed by atoms with Crippen molar-refractivity contribution in [2.45, 2.75) is 46.3 Å². The minimum atomic E-state index is -0.136. The Hall–Kier alpha value is -1.47. The molecule has 0 saturated carbocycles. The first kappa shape index (κ1) is 17.6. The number of nitrogens with zero attached hydrogens (tertiary/aromatic N) is 3. The summed E-state index contributed by atoms with van der Waals surface area (Å²) in [6.45, 7) is 7.90. The number of ether oxygens (including phenoxy) is 1. The van der Waals surface area contributed by atoms with Crippen molar-refractivity contribution in [2.75, 3.05) is 26.7 Å². The zero-order chi connectivity index (χ0) is 15.7. The van der Waals surface area contributed by atoms with Crippen molar-refractivity contribution in [3.63, 3.8) is 0 Å². The summed E-state index contributed by atoms with van der Waals surface area (Å²) >= 11 is 0. The van der Waals surface area contributed by atoms with Gasteiger partial charge in [-0.2, -0.15) is 4.98 Å². The Kier molecular flexibility index (Phi) is 7.92. The molecule has 120 valence electrons. The van der Waals surface area contributed by atoms with Gasteiger partial charge < -0.3 is 19.5 Å². The van der Waals surface area contributed by atoms with Gasteiger partial charge in [0.1, 0.15) is 13.2 Å². The summed E-state index contributed by atoms with van der Waals surface area (Å²) in [6, 6.07) is 0.0913. The lowest BCUT2D eigenvalue weighted by Gasteiger charge is -2.21. The van der Waals surface area contributed by atoms with E-state index in [1.807, 2.05) is 6.92 Å². The van der Waals surface area contributed by atoms with Gasteiger partial charge in [-0.3, -0.25) is 4.79 Å². The molecule has 7 nitrogen and oxygen atoms in total.